The Kier molecular flexibility index (Phi) is 2.34. The fraction of sp³-hybridized carbons (Fsp3) is 0.176. The molecule has 0 saturated heterocycles. The van der Waals surface area contributed by atoms with Crippen LogP contribution in [-0.2, 0) is 13.0 Å². The molecule has 94 valence electrons. The topological polar surface area (TPSA) is 19.0 Å². The second kappa shape index (κ2) is 4.16. The van der Waals surface area contributed by atoms with Crippen molar-refractivity contribution in [3.63, 3.8) is 0 Å². The molecule has 2 aromatic carbocycles. The molecule has 0 bridgehead atoms. The molecule has 2 nitrogen and oxygen atoms in total. The van der Waals surface area contributed by atoms with Gasteiger partial charge in [-0.2, -0.15) is 0 Å². The quantitative estimate of drug-likeness (QED) is 0.695. The molecule has 1 aromatic heterocycles. The Morgan fingerprint density at radius 2 is 1.84 bits per heavy atom. The lowest BCUT2D eigenvalue weighted by molar-refractivity contribution is 0.732. The van der Waals surface area contributed by atoms with E-state index in [1.165, 1.54) is 27.7 Å². The van der Waals surface area contributed by atoms with Gasteiger partial charge < -0.3 is 9.88 Å². The van der Waals surface area contributed by atoms with Crippen molar-refractivity contribution in [2.45, 2.75) is 13.0 Å². The molecule has 19 heavy (non-hydrogen) atoms. The highest BCUT2D eigenvalue weighted by Gasteiger charge is 2.16. The predicted molar refractivity (Wildman–Crippen MR) is 79.5 cm³/mol. The molecule has 0 radical (unpaired) electrons. The van der Waals surface area contributed by atoms with Crippen LogP contribution in [0.5, 0.6) is 0 Å². The average molecular weight is 248 g/mol. The molecule has 4 rings (SSSR count). The molecule has 0 atom stereocenters. The van der Waals surface area contributed by atoms with E-state index in [0.29, 0.717) is 0 Å². The highest BCUT2D eigenvalue weighted by molar-refractivity contribution is 5.83. The molecule has 0 fully saturated rings. The number of rotatable bonds is 1. The molecular weight excluding hydrogens is 232 g/mol. The van der Waals surface area contributed by atoms with Crippen molar-refractivity contribution in [3.8, 4) is 0 Å². The number of H-pyrrole nitrogens is 1. The van der Waals surface area contributed by atoms with E-state index in [1.807, 2.05) is 6.20 Å². The fourth-order valence-corrected chi connectivity index (χ4v) is 2.95. The third-order valence-corrected chi connectivity index (χ3v) is 4.03. The summed E-state index contributed by atoms with van der Waals surface area (Å²) in [6.45, 7) is 2.12. The summed E-state index contributed by atoms with van der Waals surface area (Å²) in [6.07, 6.45) is 3.14. The summed E-state index contributed by atoms with van der Waals surface area (Å²) in [7, 11) is 0. The maximum absolute atomic E-state index is 3.25. The highest BCUT2D eigenvalue weighted by atomic mass is 15.1. The van der Waals surface area contributed by atoms with Crippen molar-refractivity contribution >= 4 is 16.6 Å². The standard InChI is InChI=1S/C17H16N2/c1-2-4-15-12-19(10-8-13(15)3-1)16-5-6-17-14(11-16)7-9-18-17/h1-7,9,11,18H,8,10,12H2. The van der Waals surface area contributed by atoms with Crippen LogP contribution in [0.1, 0.15) is 11.1 Å². The number of nitrogens with one attached hydrogen (secondary N) is 1. The van der Waals surface area contributed by atoms with Crippen molar-refractivity contribution < 1.29 is 0 Å². The smallest absolute Gasteiger partial charge is 0.0455 e. The molecule has 0 spiro atoms. The molecule has 1 aliphatic heterocycles. The number of nitrogens with zero attached hydrogens (tertiary/aromatic N) is 1. The van der Waals surface area contributed by atoms with Gasteiger partial charge in [0.2, 0.25) is 0 Å². The van der Waals surface area contributed by atoms with E-state index < -0.39 is 0 Å². The van der Waals surface area contributed by atoms with Crippen LogP contribution in [0.4, 0.5) is 5.69 Å². The highest BCUT2D eigenvalue weighted by Crippen LogP contribution is 2.26. The van der Waals surface area contributed by atoms with Crippen LogP contribution in [0.15, 0.2) is 54.7 Å². The van der Waals surface area contributed by atoms with Crippen LogP contribution in [0.25, 0.3) is 10.9 Å². The summed E-state index contributed by atoms with van der Waals surface area (Å²) >= 11 is 0. The number of hydrogen-bond donors (Lipinski definition) is 1. The Bertz CT molecular complexity index is 727. The predicted octanol–water partition coefficient (Wildman–Crippen LogP) is 3.73. The number of aromatic nitrogens is 1. The minimum absolute atomic E-state index is 1.02. The summed E-state index contributed by atoms with van der Waals surface area (Å²) in [4.78, 5) is 5.71. The van der Waals surface area contributed by atoms with Crippen molar-refractivity contribution in [1.82, 2.24) is 4.98 Å². The number of hydrogen-bond acceptors (Lipinski definition) is 1. The third-order valence-electron chi connectivity index (χ3n) is 4.03. The van der Waals surface area contributed by atoms with Crippen molar-refractivity contribution in [2.75, 3.05) is 11.4 Å². The van der Waals surface area contributed by atoms with Crippen LogP contribution in [-0.4, -0.2) is 11.5 Å². The zero-order chi connectivity index (χ0) is 12.7. The van der Waals surface area contributed by atoms with Crippen LogP contribution in [0, 0.1) is 0 Å². The minimum Gasteiger partial charge on any atom is -0.367 e. The van der Waals surface area contributed by atoms with E-state index >= 15 is 0 Å². The Morgan fingerprint density at radius 3 is 2.79 bits per heavy atom. The van der Waals surface area contributed by atoms with Gasteiger partial charge >= 0.3 is 0 Å². The summed E-state index contributed by atoms with van der Waals surface area (Å²) in [6, 6.07) is 17.6. The van der Waals surface area contributed by atoms with Gasteiger partial charge in [0.15, 0.2) is 0 Å². The summed E-state index contributed by atoms with van der Waals surface area (Å²) < 4.78 is 0. The maximum atomic E-state index is 3.25. The molecule has 1 aliphatic rings. The van der Waals surface area contributed by atoms with Crippen molar-refractivity contribution in [3.05, 3.63) is 65.9 Å². The first kappa shape index (κ1) is 10.7. The Morgan fingerprint density at radius 1 is 0.947 bits per heavy atom. The minimum atomic E-state index is 1.02. The van der Waals surface area contributed by atoms with E-state index in [2.05, 4.69) is 58.4 Å². The van der Waals surface area contributed by atoms with Gasteiger partial charge in [0.05, 0.1) is 0 Å². The SMILES string of the molecule is c1ccc2c(c1)CCN(c1ccc3[nH]ccc3c1)C2. The van der Waals surface area contributed by atoms with Gasteiger partial charge in [0.25, 0.3) is 0 Å². The van der Waals surface area contributed by atoms with E-state index in [1.54, 1.807) is 0 Å². The second-order valence-corrected chi connectivity index (χ2v) is 5.19. The first-order chi connectivity index (χ1) is 9.40. The van der Waals surface area contributed by atoms with Gasteiger partial charge in [0, 0.05) is 35.9 Å². The molecule has 1 N–H and O–H groups in total. The van der Waals surface area contributed by atoms with E-state index in [9.17, 15) is 0 Å². The largest absolute Gasteiger partial charge is 0.367 e. The summed E-state index contributed by atoms with van der Waals surface area (Å²) in [5.74, 6) is 0. The van der Waals surface area contributed by atoms with E-state index in [0.717, 1.165) is 19.5 Å². The van der Waals surface area contributed by atoms with Gasteiger partial charge in [-0.05, 0) is 41.8 Å². The molecule has 0 amide bonds. The Labute approximate surface area is 112 Å². The molecule has 2 heteroatoms. The molecule has 0 unspecified atom stereocenters. The Balaban J connectivity index is 1.70. The zero-order valence-electron chi connectivity index (χ0n) is 10.8. The van der Waals surface area contributed by atoms with Gasteiger partial charge in [-0.15, -0.1) is 0 Å². The molecular formula is C17H16N2. The number of benzene rings is 2. The number of fused-ring (bicyclic) bond motifs is 2. The molecule has 0 saturated carbocycles. The summed E-state index contributed by atoms with van der Waals surface area (Å²) in [5, 5.41) is 1.29. The van der Waals surface area contributed by atoms with Crippen LogP contribution in [0.2, 0.25) is 0 Å². The lowest BCUT2D eigenvalue weighted by Crippen LogP contribution is -2.30. The van der Waals surface area contributed by atoms with Gasteiger partial charge in [0.1, 0.15) is 0 Å². The third kappa shape index (κ3) is 1.80. The first-order valence-electron chi connectivity index (χ1n) is 6.79. The lowest BCUT2D eigenvalue weighted by Gasteiger charge is -2.30. The first-order valence-corrected chi connectivity index (χ1v) is 6.79. The van der Waals surface area contributed by atoms with Crippen LogP contribution in [0.3, 0.4) is 0 Å². The van der Waals surface area contributed by atoms with Crippen molar-refractivity contribution in [2.24, 2.45) is 0 Å². The molecule has 0 aliphatic carbocycles. The maximum Gasteiger partial charge on any atom is 0.0455 e. The summed E-state index contributed by atoms with van der Waals surface area (Å²) in [5.41, 5.74) is 5.49. The normalized spacial score (nSPS) is 14.6. The number of anilines is 1. The van der Waals surface area contributed by atoms with Crippen molar-refractivity contribution in [1.29, 1.82) is 0 Å². The second-order valence-electron chi connectivity index (χ2n) is 5.19. The van der Waals surface area contributed by atoms with Crippen LogP contribution < -0.4 is 4.90 Å². The fourth-order valence-electron chi connectivity index (χ4n) is 2.95. The van der Waals surface area contributed by atoms with Gasteiger partial charge in [-0.25, -0.2) is 0 Å². The lowest BCUT2D eigenvalue weighted by atomic mass is 9.99. The van der Waals surface area contributed by atoms with Crippen LogP contribution >= 0.6 is 0 Å². The average Bonchev–Trinajstić information content (AvgIpc) is 2.94. The number of aromatic amines is 1. The molecule has 2 heterocycles. The van der Waals surface area contributed by atoms with Gasteiger partial charge in [-0.1, -0.05) is 24.3 Å². The van der Waals surface area contributed by atoms with E-state index in [4.69, 9.17) is 0 Å². The Hall–Kier alpha value is -2.22. The molecule has 3 aromatic rings. The van der Waals surface area contributed by atoms with E-state index in [-0.39, 0.29) is 0 Å². The zero-order valence-corrected chi connectivity index (χ0v) is 10.8. The monoisotopic (exact) mass is 248 g/mol. The van der Waals surface area contributed by atoms with Gasteiger partial charge in [-0.3, -0.25) is 0 Å².